The van der Waals surface area contributed by atoms with Gasteiger partial charge in [0.1, 0.15) is 12.6 Å². The molecule has 3 heterocycles. The van der Waals surface area contributed by atoms with Gasteiger partial charge < -0.3 is 19.8 Å². The van der Waals surface area contributed by atoms with Gasteiger partial charge in [0.25, 0.3) is 5.91 Å². The third-order valence-electron chi connectivity index (χ3n) is 6.64. The lowest BCUT2D eigenvalue weighted by Gasteiger charge is -2.30. The maximum atomic E-state index is 13.7. The molecule has 0 radical (unpaired) electrons. The Hall–Kier alpha value is -3.41. The Bertz CT molecular complexity index is 1510. The van der Waals surface area contributed by atoms with Crippen LogP contribution in [0.1, 0.15) is 70.0 Å². The Morgan fingerprint density at radius 2 is 1.77 bits per heavy atom. The molecule has 0 bridgehead atoms. The molecule has 10 nitrogen and oxygen atoms in total. The standard InChI is InChI=1S/C27H27Cl2N3O7S/c1-13-20(17-10-11-31(21(17)25(36)37)26(38)27(2,3)4)30-32(23(13)39-12-14-8-9-18(28)40-14)22(33)15-6-5-7-16(19(15)29)24(34)35/h5-9,17,21H,10-12H2,1-4H3,(H,34,35)(H,36,37). The van der Waals surface area contributed by atoms with Gasteiger partial charge in [-0.3, -0.25) is 9.59 Å². The maximum absolute atomic E-state index is 13.7. The number of nitrogens with zero attached hydrogens (tertiary/aromatic N) is 3. The Balaban J connectivity index is 1.81. The Kier molecular flexibility index (Phi) is 8.30. The average Bonchev–Trinajstić information content (AvgIpc) is 3.58. The first-order valence-corrected chi connectivity index (χ1v) is 13.9. The number of carboxylic acid groups (broad SMARTS) is 2. The van der Waals surface area contributed by atoms with Crippen molar-refractivity contribution in [1.82, 2.24) is 14.7 Å². The highest BCUT2D eigenvalue weighted by Gasteiger charge is 2.47. The molecule has 1 aliphatic rings. The minimum Gasteiger partial charge on any atom is -0.480 e. The molecule has 1 aliphatic heterocycles. The molecule has 4 rings (SSSR count). The highest BCUT2D eigenvalue weighted by Crippen LogP contribution is 2.40. The average molecular weight is 609 g/mol. The lowest BCUT2D eigenvalue weighted by atomic mass is 9.91. The molecule has 40 heavy (non-hydrogen) atoms. The van der Waals surface area contributed by atoms with Crippen molar-refractivity contribution in [3.05, 3.63) is 67.0 Å². The summed E-state index contributed by atoms with van der Waals surface area (Å²) in [4.78, 5) is 53.0. The molecule has 13 heteroatoms. The number of aromatic nitrogens is 2. The van der Waals surface area contributed by atoms with E-state index in [2.05, 4.69) is 5.10 Å². The number of carbonyl (C=O) groups is 4. The summed E-state index contributed by atoms with van der Waals surface area (Å²) in [5, 5.41) is 23.9. The van der Waals surface area contributed by atoms with Gasteiger partial charge in [0, 0.05) is 28.3 Å². The van der Waals surface area contributed by atoms with Crippen molar-refractivity contribution in [2.45, 2.75) is 52.7 Å². The van der Waals surface area contributed by atoms with E-state index in [1.165, 1.54) is 34.4 Å². The van der Waals surface area contributed by atoms with Crippen molar-refractivity contribution in [3.63, 3.8) is 0 Å². The minimum absolute atomic E-state index is 0.0429. The predicted octanol–water partition coefficient (Wildman–Crippen LogP) is 5.34. The molecule has 1 saturated heterocycles. The number of amides is 1. The number of ether oxygens (including phenoxy) is 1. The van der Waals surface area contributed by atoms with Gasteiger partial charge in [-0.2, -0.15) is 9.78 Å². The van der Waals surface area contributed by atoms with E-state index in [4.69, 9.17) is 27.9 Å². The van der Waals surface area contributed by atoms with Crippen molar-refractivity contribution in [2.75, 3.05) is 6.54 Å². The number of carbonyl (C=O) groups excluding carboxylic acids is 2. The number of aromatic carboxylic acids is 1. The second-order valence-electron chi connectivity index (χ2n) is 10.4. The van der Waals surface area contributed by atoms with Crippen molar-refractivity contribution in [2.24, 2.45) is 5.41 Å². The zero-order valence-electron chi connectivity index (χ0n) is 22.1. The van der Waals surface area contributed by atoms with Crippen molar-refractivity contribution >= 4 is 58.3 Å². The molecule has 2 unspecified atom stereocenters. The number of benzene rings is 1. The van der Waals surface area contributed by atoms with Crippen molar-refractivity contribution < 1.29 is 34.1 Å². The first-order valence-electron chi connectivity index (χ1n) is 12.3. The zero-order chi connectivity index (χ0) is 29.5. The summed E-state index contributed by atoms with van der Waals surface area (Å²) < 4.78 is 7.56. The summed E-state index contributed by atoms with van der Waals surface area (Å²) in [5.74, 6) is -4.23. The fraction of sp³-hybridized carbons (Fsp3) is 0.370. The summed E-state index contributed by atoms with van der Waals surface area (Å²) >= 11 is 13.6. The molecule has 3 aromatic rings. The topological polar surface area (TPSA) is 139 Å². The van der Waals surface area contributed by atoms with Gasteiger partial charge in [0.2, 0.25) is 11.8 Å². The van der Waals surface area contributed by atoms with E-state index in [9.17, 15) is 29.4 Å². The molecular weight excluding hydrogens is 581 g/mol. The molecule has 212 valence electrons. The van der Waals surface area contributed by atoms with Crippen molar-refractivity contribution in [3.8, 4) is 5.88 Å². The van der Waals surface area contributed by atoms with Crippen LogP contribution >= 0.6 is 34.5 Å². The Morgan fingerprint density at radius 3 is 2.35 bits per heavy atom. The fourth-order valence-electron chi connectivity index (χ4n) is 4.74. The number of hydrogen-bond donors (Lipinski definition) is 2. The van der Waals surface area contributed by atoms with E-state index in [-0.39, 0.29) is 46.8 Å². The van der Waals surface area contributed by atoms with Gasteiger partial charge in [0.05, 0.1) is 26.2 Å². The predicted molar refractivity (Wildman–Crippen MR) is 149 cm³/mol. The lowest BCUT2D eigenvalue weighted by Crippen LogP contribution is -2.47. The van der Waals surface area contributed by atoms with E-state index in [0.717, 1.165) is 9.56 Å². The Morgan fingerprint density at radius 1 is 1.10 bits per heavy atom. The highest BCUT2D eigenvalue weighted by atomic mass is 35.5. The second-order valence-corrected chi connectivity index (χ2v) is 12.6. The Labute approximate surface area is 244 Å². The zero-order valence-corrected chi connectivity index (χ0v) is 24.4. The highest BCUT2D eigenvalue weighted by molar-refractivity contribution is 7.16. The van der Waals surface area contributed by atoms with Crippen LogP contribution in [0.3, 0.4) is 0 Å². The number of hydrogen-bond acceptors (Lipinski definition) is 7. The quantitative estimate of drug-likeness (QED) is 0.367. The van der Waals surface area contributed by atoms with Gasteiger partial charge >= 0.3 is 11.9 Å². The van der Waals surface area contributed by atoms with Crippen LogP contribution in [0.15, 0.2) is 30.3 Å². The van der Waals surface area contributed by atoms with Crippen LogP contribution in [0.5, 0.6) is 5.88 Å². The maximum Gasteiger partial charge on any atom is 0.337 e. The van der Waals surface area contributed by atoms with Gasteiger partial charge in [0.15, 0.2) is 0 Å². The summed E-state index contributed by atoms with van der Waals surface area (Å²) in [7, 11) is 0. The summed E-state index contributed by atoms with van der Waals surface area (Å²) in [5.41, 5.74) is -0.469. The minimum atomic E-state index is -1.30. The van der Waals surface area contributed by atoms with Crippen LogP contribution in [0, 0.1) is 12.3 Å². The number of aliphatic carboxylic acids is 1. The normalized spacial score (nSPS) is 17.2. The van der Waals surface area contributed by atoms with E-state index >= 15 is 0 Å². The van der Waals surface area contributed by atoms with Gasteiger partial charge in [-0.1, -0.05) is 50.0 Å². The van der Waals surface area contributed by atoms with Crippen LogP contribution in [0.4, 0.5) is 0 Å². The second kappa shape index (κ2) is 11.2. The molecule has 1 amide bonds. The van der Waals surface area contributed by atoms with E-state index in [1.54, 1.807) is 39.8 Å². The van der Waals surface area contributed by atoms with Crippen LogP contribution in [-0.4, -0.2) is 61.2 Å². The summed E-state index contributed by atoms with van der Waals surface area (Å²) in [6.07, 6.45) is 0.306. The molecule has 1 fully saturated rings. The van der Waals surface area contributed by atoms with E-state index < -0.39 is 35.2 Å². The van der Waals surface area contributed by atoms with Crippen LogP contribution < -0.4 is 4.74 Å². The van der Waals surface area contributed by atoms with Crippen LogP contribution in [0.2, 0.25) is 9.36 Å². The molecule has 2 N–H and O–H groups in total. The fourth-order valence-corrected chi connectivity index (χ4v) is 6.03. The lowest BCUT2D eigenvalue weighted by molar-refractivity contribution is -0.152. The number of thiophene rings is 1. The first-order chi connectivity index (χ1) is 18.7. The third kappa shape index (κ3) is 5.59. The molecule has 2 atom stereocenters. The van der Waals surface area contributed by atoms with Gasteiger partial charge in [-0.05, 0) is 37.6 Å². The van der Waals surface area contributed by atoms with Crippen molar-refractivity contribution in [1.29, 1.82) is 0 Å². The van der Waals surface area contributed by atoms with Gasteiger partial charge in [-0.25, -0.2) is 9.59 Å². The first kappa shape index (κ1) is 29.6. The summed E-state index contributed by atoms with van der Waals surface area (Å²) in [6, 6.07) is 6.31. The van der Waals surface area contributed by atoms with Crippen LogP contribution in [-0.2, 0) is 16.2 Å². The third-order valence-corrected chi connectivity index (χ3v) is 8.25. The monoisotopic (exact) mass is 607 g/mol. The van der Waals surface area contributed by atoms with E-state index in [1.807, 2.05) is 0 Å². The smallest absolute Gasteiger partial charge is 0.337 e. The SMILES string of the molecule is Cc1c(C2CCN(C(=O)C(C)(C)C)C2C(=O)O)nn(C(=O)c2cccc(C(=O)O)c2Cl)c1OCc1ccc(Cl)s1. The number of carboxylic acids is 2. The molecule has 1 aromatic carbocycles. The number of halogens is 2. The molecular formula is C27H27Cl2N3O7S. The van der Waals surface area contributed by atoms with Crippen LogP contribution in [0.25, 0.3) is 0 Å². The summed E-state index contributed by atoms with van der Waals surface area (Å²) in [6.45, 7) is 7.06. The molecule has 0 aliphatic carbocycles. The molecule has 2 aromatic heterocycles. The molecule has 0 spiro atoms. The number of rotatable bonds is 7. The largest absolute Gasteiger partial charge is 0.480 e. The van der Waals surface area contributed by atoms with E-state index in [0.29, 0.717) is 16.3 Å². The number of likely N-dealkylation sites (tertiary alicyclic amines) is 1. The molecule has 0 saturated carbocycles. The van der Waals surface area contributed by atoms with Gasteiger partial charge in [-0.15, -0.1) is 11.3 Å².